The standard InChI is InChI=1S/C18H17BrN4O2S/c1-2-25-15-6-4-12(7-13(15)19)10-21-23-17(24)9-11-3-5-14-16(8-11)26-18(20)22-14/h3-8,10H,2,9H2,1H3,(H2,20,22)(H,23,24)/b21-10-. The first-order valence-corrected chi connectivity index (χ1v) is 9.55. The highest BCUT2D eigenvalue weighted by atomic mass is 79.9. The molecule has 0 aliphatic heterocycles. The molecule has 3 N–H and O–H groups in total. The molecule has 0 bridgehead atoms. The molecule has 3 aromatic rings. The largest absolute Gasteiger partial charge is 0.493 e. The summed E-state index contributed by atoms with van der Waals surface area (Å²) in [6.45, 7) is 2.53. The quantitative estimate of drug-likeness (QED) is 0.458. The van der Waals surface area contributed by atoms with Crippen LogP contribution in [-0.2, 0) is 11.2 Å². The topological polar surface area (TPSA) is 89.6 Å². The van der Waals surface area contributed by atoms with Gasteiger partial charge in [0, 0.05) is 0 Å². The molecule has 134 valence electrons. The average molecular weight is 433 g/mol. The van der Waals surface area contributed by atoms with E-state index < -0.39 is 0 Å². The van der Waals surface area contributed by atoms with Gasteiger partial charge in [-0.25, -0.2) is 10.4 Å². The Balaban J connectivity index is 1.59. The lowest BCUT2D eigenvalue weighted by Crippen LogP contribution is -2.19. The van der Waals surface area contributed by atoms with Gasteiger partial charge in [-0.2, -0.15) is 5.10 Å². The highest BCUT2D eigenvalue weighted by Gasteiger charge is 2.06. The Kier molecular flexibility index (Phi) is 5.85. The maximum absolute atomic E-state index is 12.1. The number of nitrogen functional groups attached to an aromatic ring is 1. The van der Waals surface area contributed by atoms with Crippen LogP contribution in [0.1, 0.15) is 18.1 Å². The molecule has 26 heavy (non-hydrogen) atoms. The third-order valence-electron chi connectivity index (χ3n) is 3.49. The van der Waals surface area contributed by atoms with Gasteiger partial charge in [0.2, 0.25) is 5.91 Å². The number of halogens is 1. The summed E-state index contributed by atoms with van der Waals surface area (Å²) in [5, 5.41) is 4.53. The van der Waals surface area contributed by atoms with E-state index in [0.717, 1.165) is 31.6 Å². The molecular formula is C18H17BrN4O2S. The molecule has 1 heterocycles. The van der Waals surface area contributed by atoms with E-state index in [1.54, 1.807) is 6.21 Å². The van der Waals surface area contributed by atoms with Crippen LogP contribution in [0.5, 0.6) is 5.75 Å². The number of rotatable bonds is 6. The average Bonchev–Trinajstić information content (AvgIpc) is 2.96. The highest BCUT2D eigenvalue weighted by Crippen LogP contribution is 2.26. The third kappa shape index (κ3) is 4.59. The zero-order chi connectivity index (χ0) is 18.5. The van der Waals surface area contributed by atoms with E-state index in [9.17, 15) is 4.79 Å². The van der Waals surface area contributed by atoms with Gasteiger partial charge >= 0.3 is 0 Å². The number of ether oxygens (including phenoxy) is 1. The predicted molar refractivity (Wildman–Crippen MR) is 109 cm³/mol. The molecular weight excluding hydrogens is 416 g/mol. The number of amides is 1. The SMILES string of the molecule is CCOc1ccc(/C=N\NC(=O)Cc2ccc3nc(N)sc3c2)cc1Br. The molecule has 1 amide bonds. The number of carbonyl (C=O) groups excluding carboxylic acids is 1. The van der Waals surface area contributed by atoms with Crippen molar-refractivity contribution in [2.24, 2.45) is 5.10 Å². The molecule has 1 aromatic heterocycles. The minimum absolute atomic E-state index is 0.192. The van der Waals surface area contributed by atoms with Crippen molar-refractivity contribution >= 4 is 54.7 Å². The summed E-state index contributed by atoms with van der Waals surface area (Å²) >= 11 is 4.85. The lowest BCUT2D eigenvalue weighted by Gasteiger charge is -2.05. The summed E-state index contributed by atoms with van der Waals surface area (Å²) in [7, 11) is 0. The van der Waals surface area contributed by atoms with Crippen LogP contribution in [0.3, 0.4) is 0 Å². The molecule has 0 fully saturated rings. The monoisotopic (exact) mass is 432 g/mol. The Morgan fingerprint density at radius 3 is 3.00 bits per heavy atom. The van der Waals surface area contributed by atoms with E-state index in [4.69, 9.17) is 10.5 Å². The second-order valence-electron chi connectivity index (χ2n) is 5.45. The van der Waals surface area contributed by atoms with Crippen molar-refractivity contribution in [1.29, 1.82) is 0 Å². The van der Waals surface area contributed by atoms with Crippen molar-refractivity contribution in [1.82, 2.24) is 10.4 Å². The first-order chi connectivity index (χ1) is 12.5. The number of nitrogens with zero attached hydrogens (tertiary/aromatic N) is 2. The van der Waals surface area contributed by atoms with Crippen molar-refractivity contribution in [3.8, 4) is 5.75 Å². The van der Waals surface area contributed by atoms with Crippen LogP contribution >= 0.6 is 27.3 Å². The molecule has 0 atom stereocenters. The Morgan fingerprint density at radius 2 is 2.23 bits per heavy atom. The van der Waals surface area contributed by atoms with Crippen molar-refractivity contribution in [3.63, 3.8) is 0 Å². The van der Waals surface area contributed by atoms with Crippen molar-refractivity contribution in [2.75, 3.05) is 12.3 Å². The van der Waals surface area contributed by atoms with Crippen molar-refractivity contribution in [3.05, 3.63) is 52.0 Å². The summed E-state index contributed by atoms with van der Waals surface area (Å²) in [4.78, 5) is 16.3. The van der Waals surface area contributed by atoms with Crippen molar-refractivity contribution in [2.45, 2.75) is 13.3 Å². The van der Waals surface area contributed by atoms with Gasteiger partial charge in [0.1, 0.15) is 5.75 Å². The molecule has 8 heteroatoms. The molecule has 0 unspecified atom stereocenters. The van der Waals surface area contributed by atoms with Gasteiger partial charge < -0.3 is 10.5 Å². The summed E-state index contributed by atoms with van der Waals surface area (Å²) in [6.07, 6.45) is 1.82. The molecule has 0 radical (unpaired) electrons. The van der Waals surface area contributed by atoms with Gasteiger partial charge in [0.25, 0.3) is 0 Å². The van der Waals surface area contributed by atoms with Gasteiger partial charge in [-0.1, -0.05) is 17.4 Å². The maximum atomic E-state index is 12.1. The number of hydrogen-bond acceptors (Lipinski definition) is 6. The first-order valence-electron chi connectivity index (χ1n) is 7.94. The number of carbonyl (C=O) groups is 1. The van der Waals surface area contributed by atoms with Gasteiger partial charge in [-0.3, -0.25) is 4.79 Å². The number of fused-ring (bicyclic) bond motifs is 1. The summed E-state index contributed by atoms with van der Waals surface area (Å²) in [5.74, 6) is 0.580. The smallest absolute Gasteiger partial charge is 0.244 e. The first kappa shape index (κ1) is 18.3. The van der Waals surface area contributed by atoms with Crippen LogP contribution in [0.25, 0.3) is 10.2 Å². The number of aromatic nitrogens is 1. The molecule has 2 aromatic carbocycles. The normalized spacial score (nSPS) is 11.2. The van der Waals surface area contributed by atoms with E-state index >= 15 is 0 Å². The number of nitrogens with two attached hydrogens (primary N) is 1. The van der Waals surface area contributed by atoms with Crippen LogP contribution < -0.4 is 15.9 Å². The van der Waals surface area contributed by atoms with Crippen LogP contribution in [-0.4, -0.2) is 23.7 Å². The fourth-order valence-corrected chi connectivity index (χ4v) is 3.68. The Hall–Kier alpha value is -2.45. The fourth-order valence-electron chi connectivity index (χ4n) is 2.37. The lowest BCUT2D eigenvalue weighted by atomic mass is 10.1. The predicted octanol–water partition coefficient (Wildman–Crippen LogP) is 3.73. The highest BCUT2D eigenvalue weighted by molar-refractivity contribution is 9.10. The second kappa shape index (κ2) is 8.29. The van der Waals surface area contributed by atoms with Crippen molar-refractivity contribution < 1.29 is 9.53 Å². The van der Waals surface area contributed by atoms with E-state index in [1.807, 2.05) is 43.3 Å². The van der Waals surface area contributed by atoms with Crippen LogP contribution in [0.15, 0.2) is 46.0 Å². The molecule has 0 spiro atoms. The summed E-state index contributed by atoms with van der Waals surface area (Å²) in [5.41, 5.74) is 10.8. The van der Waals surface area contributed by atoms with E-state index in [1.165, 1.54) is 11.3 Å². The van der Waals surface area contributed by atoms with E-state index in [2.05, 4.69) is 31.4 Å². The van der Waals surface area contributed by atoms with Crippen LogP contribution in [0.2, 0.25) is 0 Å². The molecule has 6 nitrogen and oxygen atoms in total. The number of benzene rings is 2. The number of hydrazone groups is 1. The number of thiazole rings is 1. The Morgan fingerprint density at radius 1 is 1.38 bits per heavy atom. The number of nitrogens with one attached hydrogen (secondary N) is 1. The van der Waals surface area contributed by atoms with Gasteiger partial charge in [-0.05, 0) is 64.3 Å². The van der Waals surface area contributed by atoms with E-state index in [-0.39, 0.29) is 12.3 Å². The molecule has 0 aliphatic carbocycles. The Labute approximate surface area is 163 Å². The Bertz CT molecular complexity index is 971. The van der Waals surface area contributed by atoms with E-state index in [0.29, 0.717) is 11.7 Å². The zero-order valence-corrected chi connectivity index (χ0v) is 16.4. The number of anilines is 1. The molecule has 0 aliphatic rings. The molecule has 3 rings (SSSR count). The van der Waals surface area contributed by atoms with Gasteiger partial charge in [-0.15, -0.1) is 0 Å². The minimum atomic E-state index is -0.192. The van der Waals surface area contributed by atoms with Crippen LogP contribution in [0.4, 0.5) is 5.13 Å². The minimum Gasteiger partial charge on any atom is -0.493 e. The maximum Gasteiger partial charge on any atom is 0.244 e. The second-order valence-corrected chi connectivity index (χ2v) is 7.36. The third-order valence-corrected chi connectivity index (χ3v) is 4.96. The number of hydrogen-bond donors (Lipinski definition) is 2. The lowest BCUT2D eigenvalue weighted by molar-refractivity contribution is -0.120. The summed E-state index contributed by atoms with van der Waals surface area (Å²) in [6, 6.07) is 11.3. The van der Waals surface area contributed by atoms with Gasteiger partial charge in [0.05, 0.1) is 33.9 Å². The fraction of sp³-hybridized carbons (Fsp3) is 0.167. The molecule has 0 saturated heterocycles. The summed E-state index contributed by atoms with van der Waals surface area (Å²) < 4.78 is 7.27. The van der Waals surface area contributed by atoms with Gasteiger partial charge in [0.15, 0.2) is 5.13 Å². The van der Waals surface area contributed by atoms with Crippen LogP contribution in [0, 0.1) is 0 Å². The molecule has 0 saturated carbocycles. The zero-order valence-electron chi connectivity index (χ0n) is 14.0.